The van der Waals surface area contributed by atoms with Crippen molar-refractivity contribution in [1.29, 1.82) is 0 Å². The maximum atomic E-state index is 12.3. The Morgan fingerprint density at radius 3 is 2.61 bits per heavy atom. The van der Waals surface area contributed by atoms with Crippen LogP contribution in [0.3, 0.4) is 0 Å². The Morgan fingerprint density at radius 1 is 1.21 bits per heavy atom. The normalized spacial score (nSPS) is 16.1. The number of rotatable bonds is 6. The topological polar surface area (TPSA) is 107 Å². The van der Waals surface area contributed by atoms with Crippen LogP contribution in [0.15, 0.2) is 48.5 Å². The lowest BCUT2D eigenvalue weighted by atomic mass is 10.1. The first-order valence-corrected chi connectivity index (χ1v) is 8.67. The Kier molecular flexibility index (Phi) is 5.49. The van der Waals surface area contributed by atoms with Crippen LogP contribution in [0.2, 0.25) is 0 Å². The van der Waals surface area contributed by atoms with E-state index in [2.05, 4.69) is 0 Å². The molecular formula is C20H18N2O6. The number of hydrogen-bond donors (Lipinski definition) is 0. The van der Waals surface area contributed by atoms with Crippen LogP contribution < -0.4 is 4.90 Å². The van der Waals surface area contributed by atoms with Gasteiger partial charge in [0.2, 0.25) is 5.91 Å². The van der Waals surface area contributed by atoms with Gasteiger partial charge in [-0.1, -0.05) is 36.4 Å². The average Bonchev–Trinajstić information content (AvgIpc) is 3.08. The number of ether oxygens (including phenoxy) is 1. The summed E-state index contributed by atoms with van der Waals surface area (Å²) in [6.45, 7) is 1.26. The van der Waals surface area contributed by atoms with Gasteiger partial charge in [-0.05, 0) is 13.0 Å². The lowest BCUT2D eigenvalue weighted by molar-refractivity contribution is -0.385. The van der Waals surface area contributed by atoms with E-state index >= 15 is 0 Å². The molecular weight excluding hydrogens is 364 g/mol. The summed E-state index contributed by atoms with van der Waals surface area (Å²) in [4.78, 5) is 48.5. The lowest BCUT2D eigenvalue weighted by Crippen LogP contribution is -2.27. The molecule has 0 aliphatic carbocycles. The summed E-state index contributed by atoms with van der Waals surface area (Å²) >= 11 is 0. The van der Waals surface area contributed by atoms with Gasteiger partial charge >= 0.3 is 5.97 Å². The zero-order chi connectivity index (χ0) is 20.3. The van der Waals surface area contributed by atoms with Crippen LogP contribution in [0.25, 0.3) is 0 Å². The molecule has 3 rings (SSSR count). The van der Waals surface area contributed by atoms with E-state index in [1.807, 2.05) is 0 Å². The molecule has 0 bridgehead atoms. The highest BCUT2D eigenvalue weighted by molar-refractivity contribution is 6.01. The molecule has 2 aromatic carbocycles. The van der Waals surface area contributed by atoms with Crippen LogP contribution in [-0.4, -0.2) is 35.7 Å². The van der Waals surface area contributed by atoms with Gasteiger partial charge in [-0.2, -0.15) is 0 Å². The van der Waals surface area contributed by atoms with E-state index in [1.165, 1.54) is 11.0 Å². The van der Waals surface area contributed by atoms with Gasteiger partial charge in [0.1, 0.15) is 0 Å². The predicted octanol–water partition coefficient (Wildman–Crippen LogP) is 2.68. The monoisotopic (exact) mass is 382 g/mol. The third-order valence-corrected chi connectivity index (χ3v) is 4.60. The van der Waals surface area contributed by atoms with Crippen molar-refractivity contribution < 1.29 is 24.0 Å². The average molecular weight is 382 g/mol. The summed E-state index contributed by atoms with van der Waals surface area (Å²) in [6, 6.07) is 12.9. The summed E-state index contributed by atoms with van der Waals surface area (Å²) in [5.41, 5.74) is 1.19. The molecule has 0 N–H and O–H groups in total. The predicted molar refractivity (Wildman–Crippen MR) is 100 cm³/mol. The molecule has 0 saturated carbocycles. The Labute approximate surface area is 160 Å². The number of nitro benzene ring substituents is 1. The maximum absolute atomic E-state index is 12.3. The third kappa shape index (κ3) is 4.06. The van der Waals surface area contributed by atoms with Crippen LogP contribution in [0, 0.1) is 23.0 Å². The fourth-order valence-corrected chi connectivity index (χ4v) is 3.04. The van der Waals surface area contributed by atoms with Crippen molar-refractivity contribution in [2.75, 3.05) is 18.1 Å². The van der Waals surface area contributed by atoms with E-state index in [1.54, 1.807) is 49.4 Å². The molecule has 1 heterocycles. The molecule has 1 atom stereocenters. The smallest absolute Gasteiger partial charge is 0.311 e. The molecule has 1 aliphatic heterocycles. The van der Waals surface area contributed by atoms with Gasteiger partial charge < -0.3 is 9.64 Å². The second-order valence-corrected chi connectivity index (χ2v) is 6.53. The number of ketones is 1. The van der Waals surface area contributed by atoms with E-state index < -0.39 is 23.4 Å². The molecule has 8 heteroatoms. The van der Waals surface area contributed by atoms with E-state index in [9.17, 15) is 24.5 Å². The van der Waals surface area contributed by atoms with Crippen LogP contribution in [-0.2, 0) is 14.3 Å². The van der Waals surface area contributed by atoms with E-state index in [-0.39, 0.29) is 30.3 Å². The number of esters is 1. The molecule has 2 aromatic rings. The number of anilines is 1. The molecule has 1 saturated heterocycles. The Bertz CT molecular complexity index is 941. The fraction of sp³-hybridized carbons (Fsp3) is 0.250. The first-order chi connectivity index (χ1) is 13.4. The van der Waals surface area contributed by atoms with E-state index in [4.69, 9.17) is 4.74 Å². The number of aryl methyl sites for hydroxylation is 1. The summed E-state index contributed by atoms with van der Waals surface area (Å²) in [5.74, 6) is -2.02. The minimum atomic E-state index is -0.726. The number of nitrogens with zero attached hydrogens (tertiary/aromatic N) is 2. The summed E-state index contributed by atoms with van der Waals surface area (Å²) in [6.07, 6.45) is -0.0694. The highest BCUT2D eigenvalue weighted by Gasteiger charge is 2.37. The van der Waals surface area contributed by atoms with Gasteiger partial charge in [0.05, 0.1) is 16.5 Å². The van der Waals surface area contributed by atoms with Crippen molar-refractivity contribution in [2.24, 2.45) is 5.92 Å². The van der Waals surface area contributed by atoms with Gasteiger partial charge in [-0.25, -0.2) is 0 Å². The summed E-state index contributed by atoms with van der Waals surface area (Å²) in [7, 11) is 0. The largest absolute Gasteiger partial charge is 0.457 e. The van der Waals surface area contributed by atoms with Gasteiger partial charge in [0.15, 0.2) is 12.4 Å². The van der Waals surface area contributed by atoms with Gasteiger partial charge in [0.25, 0.3) is 5.69 Å². The molecule has 0 unspecified atom stereocenters. The molecule has 144 valence electrons. The highest BCUT2D eigenvalue weighted by atomic mass is 16.6. The standard InChI is InChI=1S/C20H18N2O6/c1-13-7-8-16(10-17(13)22(26)27)21-11-15(9-19(21)24)20(25)28-12-18(23)14-5-3-2-4-6-14/h2-8,10,15H,9,11-12H2,1H3/t15-/m1/s1. The zero-order valence-corrected chi connectivity index (χ0v) is 15.2. The first kappa shape index (κ1) is 19.2. The Morgan fingerprint density at radius 2 is 1.93 bits per heavy atom. The quantitative estimate of drug-likeness (QED) is 0.329. The molecule has 0 spiro atoms. The molecule has 8 nitrogen and oxygen atoms in total. The zero-order valence-electron chi connectivity index (χ0n) is 15.2. The molecule has 1 amide bonds. The number of carbonyl (C=O) groups excluding carboxylic acids is 3. The second-order valence-electron chi connectivity index (χ2n) is 6.53. The van der Waals surface area contributed by atoms with Crippen molar-refractivity contribution in [2.45, 2.75) is 13.3 Å². The van der Waals surface area contributed by atoms with Crippen LogP contribution >= 0.6 is 0 Å². The highest BCUT2D eigenvalue weighted by Crippen LogP contribution is 2.30. The van der Waals surface area contributed by atoms with Crippen molar-refractivity contribution in [3.8, 4) is 0 Å². The molecule has 0 radical (unpaired) electrons. The van der Waals surface area contributed by atoms with Gasteiger partial charge in [-0.15, -0.1) is 0 Å². The van der Waals surface area contributed by atoms with E-state index in [0.717, 1.165) is 0 Å². The summed E-state index contributed by atoms with van der Waals surface area (Å²) in [5, 5.41) is 11.1. The number of Topliss-reactive ketones (excluding diaryl/α,β-unsaturated/α-hetero) is 1. The van der Waals surface area contributed by atoms with Crippen molar-refractivity contribution >= 4 is 29.0 Å². The number of amides is 1. The van der Waals surface area contributed by atoms with Crippen molar-refractivity contribution in [1.82, 2.24) is 0 Å². The molecule has 1 fully saturated rings. The van der Waals surface area contributed by atoms with Crippen molar-refractivity contribution in [3.63, 3.8) is 0 Å². The van der Waals surface area contributed by atoms with Gasteiger partial charge in [-0.3, -0.25) is 24.5 Å². The van der Waals surface area contributed by atoms with Gasteiger partial charge in [0, 0.05) is 30.2 Å². The fourth-order valence-electron chi connectivity index (χ4n) is 3.04. The lowest BCUT2D eigenvalue weighted by Gasteiger charge is -2.16. The molecule has 28 heavy (non-hydrogen) atoms. The van der Waals surface area contributed by atoms with E-state index in [0.29, 0.717) is 16.8 Å². The number of carbonyl (C=O) groups is 3. The minimum absolute atomic E-state index is 0.0530. The SMILES string of the molecule is Cc1ccc(N2C[C@H](C(=O)OCC(=O)c3ccccc3)CC2=O)cc1[N+](=O)[O-]. The second kappa shape index (κ2) is 7.99. The van der Waals surface area contributed by atoms with Crippen molar-refractivity contribution in [3.05, 3.63) is 69.8 Å². The van der Waals surface area contributed by atoms with Crippen LogP contribution in [0.5, 0.6) is 0 Å². The number of hydrogen-bond acceptors (Lipinski definition) is 6. The third-order valence-electron chi connectivity index (χ3n) is 4.60. The van der Waals surface area contributed by atoms with Crippen LogP contribution in [0.4, 0.5) is 11.4 Å². The number of nitro groups is 1. The molecule has 0 aromatic heterocycles. The van der Waals surface area contributed by atoms with Crippen LogP contribution in [0.1, 0.15) is 22.3 Å². The Balaban J connectivity index is 1.64. The maximum Gasteiger partial charge on any atom is 0.311 e. The first-order valence-electron chi connectivity index (χ1n) is 8.67. The summed E-state index contributed by atoms with van der Waals surface area (Å²) < 4.78 is 5.08. The number of benzene rings is 2. The molecule has 1 aliphatic rings. The Hall–Kier alpha value is -3.55. The minimum Gasteiger partial charge on any atom is -0.457 e.